The van der Waals surface area contributed by atoms with Crippen LogP contribution < -0.4 is 35.0 Å². The number of carboxylic acid groups (broad SMARTS) is 1. The Morgan fingerprint density at radius 2 is 1.34 bits per heavy atom. The van der Waals surface area contributed by atoms with Crippen LogP contribution in [0.15, 0.2) is 66.9 Å². The summed E-state index contributed by atoms with van der Waals surface area (Å²) >= 11 is 12.1. The second-order valence-corrected chi connectivity index (χ2v) is 18.1. The zero-order valence-electron chi connectivity index (χ0n) is 34.6. The number of aromatic nitrogens is 1. The molecule has 310 valence electrons. The fraction of sp³-hybridized carbons (Fsp3) is 0.545. The maximum atomic E-state index is 13.4. The molecule has 15 heteroatoms. The van der Waals surface area contributed by atoms with E-state index in [4.69, 9.17) is 28.9 Å². The van der Waals surface area contributed by atoms with Crippen molar-refractivity contribution in [1.29, 1.82) is 0 Å². The minimum Gasteiger partial charge on any atom is -0.550 e. The fourth-order valence-corrected chi connectivity index (χ4v) is 11.0. The van der Waals surface area contributed by atoms with Gasteiger partial charge in [0.25, 0.3) is 0 Å². The SMILES string of the molecule is CB(O)N1CCC([C@@]2(c3ccc(Cl)cc3)C[C@@H]2C(=O)[O-])CC1.CNC(=O)[C@@H]1C[C@@]1(c1ccc(Cl)cc1)C1CCN(C(=O)C2CCN(Cc3ccnc(N)c3)CC2)CC1.[Li+]. The molecule has 59 heavy (non-hydrogen) atoms. The Balaban J connectivity index is 0.000000218. The zero-order chi connectivity index (χ0) is 41.2. The first kappa shape index (κ1) is 45.4. The Morgan fingerprint density at radius 3 is 1.81 bits per heavy atom. The molecule has 1 aromatic heterocycles. The molecule has 2 aliphatic carbocycles. The van der Waals surface area contributed by atoms with Crippen LogP contribution in [0.25, 0.3) is 0 Å². The average molecular weight is 838 g/mol. The van der Waals surface area contributed by atoms with E-state index in [9.17, 15) is 24.5 Å². The van der Waals surface area contributed by atoms with Gasteiger partial charge < -0.3 is 35.7 Å². The molecular weight excluding hydrogens is 781 g/mol. The van der Waals surface area contributed by atoms with Crippen molar-refractivity contribution < 1.29 is 43.4 Å². The quantitative estimate of drug-likeness (QED) is 0.259. The van der Waals surface area contributed by atoms with Crippen LogP contribution in [0.1, 0.15) is 68.1 Å². The molecule has 2 amide bonds. The molecule has 0 unspecified atom stereocenters. The first-order valence-electron chi connectivity index (χ1n) is 20.9. The van der Waals surface area contributed by atoms with Gasteiger partial charge in [-0.25, -0.2) is 4.98 Å². The van der Waals surface area contributed by atoms with E-state index < -0.39 is 18.9 Å². The number of aliphatic carboxylic acids is 1. The number of nitrogen functional groups attached to an aromatic ring is 1. The van der Waals surface area contributed by atoms with E-state index in [1.165, 1.54) is 11.1 Å². The van der Waals surface area contributed by atoms with Crippen molar-refractivity contribution >= 4 is 53.9 Å². The Kier molecular flexibility index (Phi) is 14.9. The summed E-state index contributed by atoms with van der Waals surface area (Å²) in [5.41, 5.74) is 8.79. The van der Waals surface area contributed by atoms with Crippen LogP contribution in [-0.4, -0.2) is 95.8 Å². The number of likely N-dealkylation sites (tertiary alicyclic amines) is 2. The molecule has 4 N–H and O–H groups in total. The van der Waals surface area contributed by atoms with Crippen LogP contribution in [0.3, 0.4) is 0 Å². The molecule has 2 saturated carbocycles. The van der Waals surface area contributed by atoms with Gasteiger partial charge >= 0.3 is 25.9 Å². The third-order valence-corrected chi connectivity index (χ3v) is 14.6. The Hall–Kier alpha value is -3.08. The van der Waals surface area contributed by atoms with Crippen LogP contribution in [-0.2, 0) is 31.8 Å². The third kappa shape index (κ3) is 9.86. The molecule has 2 aromatic carbocycles. The summed E-state index contributed by atoms with van der Waals surface area (Å²) in [6.07, 6.45) is 8.73. The monoisotopic (exact) mass is 836 g/mol. The summed E-state index contributed by atoms with van der Waals surface area (Å²) in [6.45, 7) is 7.61. The molecule has 0 radical (unpaired) electrons. The van der Waals surface area contributed by atoms with Crippen molar-refractivity contribution in [2.75, 3.05) is 52.0 Å². The van der Waals surface area contributed by atoms with E-state index in [-0.39, 0.29) is 47.4 Å². The largest absolute Gasteiger partial charge is 1.00 e. The number of anilines is 1. The van der Waals surface area contributed by atoms with Crippen molar-refractivity contribution in [3.63, 3.8) is 0 Å². The number of nitrogens with zero attached hydrogens (tertiary/aromatic N) is 4. The van der Waals surface area contributed by atoms with Gasteiger partial charge in [-0.15, -0.1) is 0 Å². The van der Waals surface area contributed by atoms with E-state index >= 15 is 0 Å². The van der Waals surface area contributed by atoms with E-state index in [2.05, 4.69) is 32.2 Å². The second kappa shape index (κ2) is 19.3. The zero-order valence-corrected chi connectivity index (χ0v) is 36.1. The van der Waals surface area contributed by atoms with Crippen LogP contribution in [0, 0.1) is 29.6 Å². The minimum atomic E-state index is -0.951. The second-order valence-electron chi connectivity index (χ2n) is 17.2. The number of pyridine rings is 1. The Bertz CT molecular complexity index is 1920. The molecule has 5 fully saturated rings. The minimum absolute atomic E-state index is 0. The van der Waals surface area contributed by atoms with Gasteiger partial charge in [0, 0.05) is 77.5 Å². The van der Waals surface area contributed by atoms with Gasteiger partial charge in [-0.05, 0) is 149 Å². The van der Waals surface area contributed by atoms with E-state index in [0.29, 0.717) is 40.0 Å². The van der Waals surface area contributed by atoms with Crippen LogP contribution >= 0.6 is 23.2 Å². The molecule has 3 saturated heterocycles. The first-order chi connectivity index (χ1) is 27.8. The summed E-state index contributed by atoms with van der Waals surface area (Å²) in [5.74, 6) is 0.411. The van der Waals surface area contributed by atoms with Crippen LogP contribution in [0.4, 0.5) is 5.82 Å². The van der Waals surface area contributed by atoms with Crippen LogP contribution in [0.5, 0.6) is 0 Å². The predicted octanol–water partition coefficient (Wildman–Crippen LogP) is 1.65. The van der Waals surface area contributed by atoms with E-state index in [1.54, 1.807) is 20.1 Å². The van der Waals surface area contributed by atoms with Crippen molar-refractivity contribution in [1.82, 2.24) is 24.9 Å². The van der Waals surface area contributed by atoms with Crippen molar-refractivity contribution in [2.45, 2.75) is 75.6 Å². The number of carbonyl (C=O) groups excluding carboxylic acids is 3. The number of rotatable bonds is 10. The molecule has 4 atom stereocenters. The van der Waals surface area contributed by atoms with Gasteiger partial charge in [-0.3, -0.25) is 14.5 Å². The summed E-state index contributed by atoms with van der Waals surface area (Å²) < 4.78 is 0. The number of amides is 2. The number of halogens is 2. The average Bonchev–Trinajstić information content (AvgIpc) is 4.16. The van der Waals surface area contributed by atoms with Crippen molar-refractivity contribution in [2.24, 2.45) is 29.6 Å². The number of nitrogens with two attached hydrogens (primary N) is 1. The predicted molar refractivity (Wildman–Crippen MR) is 226 cm³/mol. The number of carbonyl (C=O) groups is 3. The van der Waals surface area contributed by atoms with Gasteiger partial charge in [0.1, 0.15) is 5.82 Å². The van der Waals surface area contributed by atoms with Gasteiger partial charge in [0.15, 0.2) is 0 Å². The fourth-order valence-electron chi connectivity index (χ4n) is 10.7. The number of nitrogens with one attached hydrogen (secondary N) is 1. The van der Waals surface area contributed by atoms with Gasteiger partial charge in [-0.1, -0.05) is 47.5 Å². The van der Waals surface area contributed by atoms with Crippen molar-refractivity contribution in [3.8, 4) is 0 Å². The third-order valence-electron chi connectivity index (χ3n) is 14.1. The molecule has 0 spiro atoms. The summed E-state index contributed by atoms with van der Waals surface area (Å²) in [5, 5.41) is 25.3. The van der Waals surface area contributed by atoms with Gasteiger partial charge in [-0.2, -0.15) is 0 Å². The van der Waals surface area contributed by atoms with Crippen molar-refractivity contribution in [3.05, 3.63) is 93.6 Å². The molecule has 0 bridgehead atoms. The smallest absolute Gasteiger partial charge is 0.550 e. The molecule has 4 heterocycles. The number of benzene rings is 2. The normalized spacial score (nSPS) is 26.5. The first-order valence-corrected chi connectivity index (χ1v) is 21.7. The van der Waals surface area contributed by atoms with E-state index in [1.807, 2.05) is 53.3 Å². The maximum absolute atomic E-state index is 13.4. The number of carboxylic acids is 1. The maximum Gasteiger partial charge on any atom is 1.00 e. The Morgan fingerprint density at radius 1 is 0.831 bits per heavy atom. The summed E-state index contributed by atoms with van der Waals surface area (Å²) in [6, 6.07) is 19.5. The molecule has 3 aromatic rings. The number of hydrogen-bond donors (Lipinski definition) is 3. The summed E-state index contributed by atoms with van der Waals surface area (Å²) in [4.78, 5) is 48.0. The molecule has 8 rings (SSSR count). The number of hydrogen-bond acceptors (Lipinski definition) is 9. The topological polar surface area (TPSA) is 155 Å². The van der Waals surface area contributed by atoms with Gasteiger partial charge in [0.2, 0.25) is 11.8 Å². The molecule has 3 aliphatic heterocycles. The van der Waals surface area contributed by atoms with Crippen LogP contribution in [0.2, 0.25) is 16.9 Å². The number of piperidine rings is 3. The molecular formula is C44H56BCl2LiN6O5. The molecule has 5 aliphatic rings. The standard InChI is InChI=1S/C28H36ClN5O2.C16H21BClNO3.Li/c1-31-26(35)24-17-28(24,21-2-4-23(29)5-3-21)22-9-14-34(15-10-22)27(36)20-7-12-33(13-8-20)18-19-6-11-32-25(30)16-19;1-17(22)19-8-6-12(7-9-19)16(10-14(16)15(20)21)11-2-4-13(18)5-3-11;/h2-6,11,16,20,22,24H,7-10,12-15,17-18H2,1H3,(H2,30,32)(H,31,35);2-5,12,14,22H,6-10H2,1H3,(H,20,21);/q;;+1/p-1/t24-,28+;14-,16+;/m01./s1. The molecule has 11 nitrogen and oxygen atoms in total. The van der Waals surface area contributed by atoms with E-state index in [0.717, 1.165) is 96.3 Å². The Labute approximate surface area is 371 Å². The summed E-state index contributed by atoms with van der Waals surface area (Å²) in [7, 11) is 1.27. The van der Waals surface area contributed by atoms with Gasteiger partial charge in [0.05, 0.1) is 0 Å².